The topological polar surface area (TPSA) is 65.9 Å². The zero-order valence-electron chi connectivity index (χ0n) is 9.18. The van der Waals surface area contributed by atoms with E-state index in [2.05, 4.69) is 22.9 Å². The molecule has 0 radical (unpaired) electrons. The zero-order valence-corrected chi connectivity index (χ0v) is 10.00. The quantitative estimate of drug-likeness (QED) is 0.797. The van der Waals surface area contributed by atoms with Gasteiger partial charge in [-0.1, -0.05) is 0 Å². The highest BCUT2D eigenvalue weighted by atomic mass is 32.2. The molecule has 1 aliphatic heterocycles. The fourth-order valence-corrected chi connectivity index (χ4v) is 2.84. The second-order valence-electron chi connectivity index (χ2n) is 3.87. The predicted octanol–water partition coefficient (Wildman–Crippen LogP) is 1.48. The third-order valence-electron chi connectivity index (χ3n) is 2.65. The van der Waals surface area contributed by atoms with Crippen molar-refractivity contribution in [1.29, 1.82) is 5.26 Å². The summed E-state index contributed by atoms with van der Waals surface area (Å²) in [5.41, 5.74) is 6.74. The van der Waals surface area contributed by atoms with Crippen molar-refractivity contribution in [3.63, 3.8) is 0 Å². The normalized spacial score (nSPS) is 20.5. The Balaban J connectivity index is 2.35. The van der Waals surface area contributed by atoms with Crippen molar-refractivity contribution < 1.29 is 0 Å². The van der Waals surface area contributed by atoms with Crippen LogP contribution in [0.4, 0.5) is 11.5 Å². The first-order valence-corrected chi connectivity index (χ1v) is 6.38. The summed E-state index contributed by atoms with van der Waals surface area (Å²) in [5.74, 6) is 2.93. The summed E-state index contributed by atoms with van der Waals surface area (Å²) in [7, 11) is 0. The Kier molecular flexibility index (Phi) is 3.20. The molecule has 0 amide bonds. The fraction of sp³-hybridized carbons (Fsp3) is 0.455. The number of nitriles is 1. The van der Waals surface area contributed by atoms with E-state index in [0.717, 1.165) is 23.9 Å². The van der Waals surface area contributed by atoms with Crippen molar-refractivity contribution in [2.24, 2.45) is 0 Å². The number of pyridine rings is 1. The van der Waals surface area contributed by atoms with Gasteiger partial charge in [-0.05, 0) is 13.0 Å². The lowest BCUT2D eigenvalue weighted by Crippen LogP contribution is -2.41. The monoisotopic (exact) mass is 234 g/mol. The van der Waals surface area contributed by atoms with Crippen LogP contribution in [0.3, 0.4) is 0 Å². The molecule has 0 aliphatic carbocycles. The van der Waals surface area contributed by atoms with E-state index in [1.165, 1.54) is 0 Å². The van der Waals surface area contributed by atoms with Crippen LogP contribution in [0.15, 0.2) is 12.3 Å². The van der Waals surface area contributed by atoms with E-state index in [-0.39, 0.29) is 0 Å². The van der Waals surface area contributed by atoms with Gasteiger partial charge in [0.2, 0.25) is 0 Å². The second-order valence-corrected chi connectivity index (χ2v) is 5.02. The van der Waals surface area contributed by atoms with E-state index < -0.39 is 0 Å². The molecule has 16 heavy (non-hydrogen) atoms. The van der Waals surface area contributed by atoms with Gasteiger partial charge < -0.3 is 10.6 Å². The van der Waals surface area contributed by atoms with Gasteiger partial charge >= 0.3 is 0 Å². The molecule has 2 N–H and O–H groups in total. The summed E-state index contributed by atoms with van der Waals surface area (Å²) in [4.78, 5) is 6.48. The van der Waals surface area contributed by atoms with Crippen molar-refractivity contribution >= 4 is 23.3 Å². The molecule has 1 unspecified atom stereocenters. The molecule has 1 aromatic heterocycles. The zero-order chi connectivity index (χ0) is 11.5. The number of thioether (sulfide) groups is 1. The Hall–Kier alpha value is -1.41. The van der Waals surface area contributed by atoms with E-state index in [1.54, 1.807) is 12.3 Å². The van der Waals surface area contributed by atoms with Crippen LogP contribution in [0.25, 0.3) is 0 Å². The summed E-state index contributed by atoms with van der Waals surface area (Å²) in [5, 5.41) is 9.08. The lowest BCUT2D eigenvalue weighted by Gasteiger charge is -2.34. The molecule has 84 valence electrons. The van der Waals surface area contributed by atoms with Gasteiger partial charge in [0, 0.05) is 24.1 Å². The van der Waals surface area contributed by atoms with Gasteiger partial charge in [-0.3, -0.25) is 0 Å². The van der Waals surface area contributed by atoms with Gasteiger partial charge in [0.25, 0.3) is 0 Å². The minimum atomic E-state index is 0.418. The Morgan fingerprint density at radius 1 is 1.69 bits per heavy atom. The average molecular weight is 234 g/mol. The van der Waals surface area contributed by atoms with Gasteiger partial charge in [-0.15, -0.1) is 0 Å². The predicted molar refractivity (Wildman–Crippen MR) is 67.5 cm³/mol. The summed E-state index contributed by atoms with van der Waals surface area (Å²) in [6.45, 7) is 3.10. The van der Waals surface area contributed by atoms with Gasteiger partial charge in [0.15, 0.2) is 0 Å². The van der Waals surface area contributed by atoms with Crippen LogP contribution >= 0.6 is 11.8 Å². The largest absolute Gasteiger partial charge is 0.397 e. The second kappa shape index (κ2) is 4.62. The van der Waals surface area contributed by atoms with Crippen LogP contribution in [0, 0.1) is 11.3 Å². The first kappa shape index (κ1) is 11.1. The van der Waals surface area contributed by atoms with Crippen molar-refractivity contribution in [1.82, 2.24) is 4.98 Å². The summed E-state index contributed by atoms with van der Waals surface area (Å²) >= 11 is 1.94. The molecule has 4 nitrogen and oxygen atoms in total. The lowest BCUT2D eigenvalue weighted by molar-refractivity contribution is 0.689. The molecule has 1 fully saturated rings. The molecule has 1 aliphatic rings. The first-order valence-electron chi connectivity index (χ1n) is 5.22. The molecular weight excluding hydrogens is 220 g/mol. The number of aromatic nitrogens is 1. The minimum absolute atomic E-state index is 0.418. The molecule has 2 rings (SSSR count). The summed E-state index contributed by atoms with van der Waals surface area (Å²) in [6, 6.07) is 4.27. The van der Waals surface area contributed by atoms with E-state index in [0.29, 0.717) is 17.3 Å². The molecule has 5 heteroatoms. The van der Waals surface area contributed by atoms with Gasteiger partial charge in [0.1, 0.15) is 11.9 Å². The standard InChI is InChI=1S/C11H14N4S/c1-8-7-16-3-2-15(8)11-9(5-12)4-10(13)6-14-11/h4,6,8H,2-3,7,13H2,1H3. The highest BCUT2D eigenvalue weighted by Crippen LogP contribution is 2.25. The van der Waals surface area contributed by atoms with Crippen molar-refractivity contribution in [2.75, 3.05) is 28.7 Å². The maximum atomic E-state index is 9.08. The smallest absolute Gasteiger partial charge is 0.146 e. The van der Waals surface area contributed by atoms with E-state index in [4.69, 9.17) is 11.0 Å². The Bertz CT molecular complexity index is 426. The summed E-state index contributed by atoms with van der Waals surface area (Å²) < 4.78 is 0. The minimum Gasteiger partial charge on any atom is -0.397 e. The van der Waals surface area contributed by atoms with E-state index in [1.807, 2.05) is 11.8 Å². The SMILES string of the molecule is CC1CSCCN1c1ncc(N)cc1C#N. The number of hydrogen-bond acceptors (Lipinski definition) is 5. The lowest BCUT2D eigenvalue weighted by atomic mass is 10.2. The van der Waals surface area contributed by atoms with Crippen LogP contribution in [0.5, 0.6) is 0 Å². The fourth-order valence-electron chi connectivity index (χ4n) is 1.83. The molecule has 1 saturated heterocycles. The van der Waals surface area contributed by atoms with Crippen molar-refractivity contribution in [3.8, 4) is 6.07 Å². The summed E-state index contributed by atoms with van der Waals surface area (Å²) in [6.07, 6.45) is 1.62. The van der Waals surface area contributed by atoms with Crippen LogP contribution in [-0.4, -0.2) is 29.1 Å². The van der Waals surface area contributed by atoms with E-state index in [9.17, 15) is 0 Å². The maximum Gasteiger partial charge on any atom is 0.146 e. The van der Waals surface area contributed by atoms with Crippen molar-refractivity contribution in [3.05, 3.63) is 17.8 Å². The molecular formula is C11H14N4S. The van der Waals surface area contributed by atoms with Crippen LogP contribution < -0.4 is 10.6 Å². The molecule has 0 bridgehead atoms. The Morgan fingerprint density at radius 3 is 3.19 bits per heavy atom. The third-order valence-corrected chi connectivity index (χ3v) is 3.84. The van der Waals surface area contributed by atoms with Crippen molar-refractivity contribution in [2.45, 2.75) is 13.0 Å². The maximum absolute atomic E-state index is 9.08. The number of hydrogen-bond donors (Lipinski definition) is 1. The molecule has 1 aromatic rings. The van der Waals surface area contributed by atoms with E-state index >= 15 is 0 Å². The van der Waals surface area contributed by atoms with Gasteiger partial charge in [0.05, 0.1) is 17.4 Å². The van der Waals surface area contributed by atoms with Crippen LogP contribution in [0.1, 0.15) is 12.5 Å². The van der Waals surface area contributed by atoms with Crippen LogP contribution in [-0.2, 0) is 0 Å². The number of nitrogens with zero attached hydrogens (tertiary/aromatic N) is 3. The highest BCUT2D eigenvalue weighted by Gasteiger charge is 2.22. The first-order chi connectivity index (χ1) is 7.72. The molecule has 0 saturated carbocycles. The number of nitrogen functional groups attached to an aromatic ring is 1. The molecule has 0 aromatic carbocycles. The Labute approximate surface area is 99.5 Å². The number of rotatable bonds is 1. The van der Waals surface area contributed by atoms with Crippen LogP contribution in [0.2, 0.25) is 0 Å². The number of nitrogens with two attached hydrogens (primary N) is 1. The van der Waals surface area contributed by atoms with Gasteiger partial charge in [-0.25, -0.2) is 4.98 Å². The Morgan fingerprint density at radius 2 is 2.50 bits per heavy atom. The third kappa shape index (κ3) is 2.07. The molecule has 0 spiro atoms. The molecule has 2 heterocycles. The average Bonchev–Trinajstić information content (AvgIpc) is 2.30. The molecule has 1 atom stereocenters. The van der Waals surface area contributed by atoms with Gasteiger partial charge in [-0.2, -0.15) is 17.0 Å². The highest BCUT2D eigenvalue weighted by molar-refractivity contribution is 7.99. The number of anilines is 2.